The van der Waals surface area contributed by atoms with Gasteiger partial charge in [-0.15, -0.1) is 0 Å². The minimum atomic E-state index is -0.465. The van der Waals surface area contributed by atoms with Gasteiger partial charge in [-0.2, -0.15) is 0 Å². The third-order valence-electron chi connectivity index (χ3n) is 3.21. The van der Waals surface area contributed by atoms with E-state index in [1.165, 1.54) is 11.8 Å². The molecular weight excluding hydrogens is 344 g/mol. The summed E-state index contributed by atoms with van der Waals surface area (Å²) in [6.45, 7) is 5.54. The Morgan fingerprint density at radius 3 is 2.42 bits per heavy atom. The maximum Gasteiger partial charge on any atom is 0.229 e. The number of aromatic nitrogens is 1. The molecular formula is C18H19ClN2O2S. The quantitative estimate of drug-likeness (QED) is 0.619. The predicted octanol–water partition coefficient (Wildman–Crippen LogP) is 4.69. The van der Waals surface area contributed by atoms with Gasteiger partial charge in [0.15, 0.2) is 5.78 Å². The van der Waals surface area contributed by atoms with Crippen molar-refractivity contribution >= 4 is 40.7 Å². The Morgan fingerprint density at radius 1 is 1.17 bits per heavy atom. The number of ketones is 1. The number of nitrogens with one attached hydrogen (secondary N) is 1. The van der Waals surface area contributed by atoms with Crippen molar-refractivity contribution in [2.75, 3.05) is 11.1 Å². The van der Waals surface area contributed by atoms with Gasteiger partial charge in [-0.1, -0.05) is 44.1 Å². The molecule has 1 N–H and O–H groups in total. The second-order valence-electron chi connectivity index (χ2n) is 6.28. The molecule has 0 fully saturated rings. The molecule has 6 heteroatoms. The van der Waals surface area contributed by atoms with Crippen molar-refractivity contribution in [3.05, 3.63) is 53.2 Å². The molecule has 0 saturated carbocycles. The number of pyridine rings is 1. The average molecular weight is 363 g/mol. The zero-order valence-corrected chi connectivity index (χ0v) is 15.4. The van der Waals surface area contributed by atoms with Crippen molar-refractivity contribution in [3.63, 3.8) is 0 Å². The summed E-state index contributed by atoms with van der Waals surface area (Å²) >= 11 is 7.33. The van der Waals surface area contributed by atoms with Gasteiger partial charge in [0.2, 0.25) is 5.91 Å². The monoisotopic (exact) mass is 362 g/mol. The molecule has 0 radical (unpaired) electrons. The lowest BCUT2D eigenvalue weighted by Crippen LogP contribution is -2.27. The van der Waals surface area contributed by atoms with Crippen LogP contribution in [0.4, 0.5) is 5.69 Å². The van der Waals surface area contributed by atoms with E-state index in [0.717, 1.165) is 0 Å². The number of carbonyl (C=O) groups excluding carboxylic acids is 2. The van der Waals surface area contributed by atoms with Crippen LogP contribution in [0.3, 0.4) is 0 Å². The molecule has 1 aromatic heterocycles. The van der Waals surface area contributed by atoms with Gasteiger partial charge in [0.05, 0.1) is 10.8 Å². The van der Waals surface area contributed by atoms with Crippen LogP contribution in [0, 0.1) is 5.41 Å². The Balaban J connectivity index is 1.96. The first-order valence-corrected chi connectivity index (χ1v) is 8.82. The first-order valence-electron chi connectivity index (χ1n) is 7.45. The van der Waals surface area contributed by atoms with Gasteiger partial charge in [-0.3, -0.25) is 9.59 Å². The first-order chi connectivity index (χ1) is 11.3. The molecule has 1 heterocycles. The van der Waals surface area contributed by atoms with E-state index in [-0.39, 0.29) is 17.4 Å². The summed E-state index contributed by atoms with van der Waals surface area (Å²) in [4.78, 5) is 28.3. The maximum atomic E-state index is 12.2. The zero-order valence-electron chi connectivity index (χ0n) is 13.8. The Hall–Kier alpha value is -1.85. The van der Waals surface area contributed by atoms with Gasteiger partial charge in [0, 0.05) is 22.9 Å². The van der Waals surface area contributed by atoms with E-state index in [4.69, 9.17) is 11.6 Å². The van der Waals surface area contributed by atoms with Gasteiger partial charge in [-0.25, -0.2) is 4.98 Å². The number of amides is 1. The van der Waals surface area contributed by atoms with E-state index in [0.29, 0.717) is 21.3 Å². The fourth-order valence-electron chi connectivity index (χ4n) is 1.75. The van der Waals surface area contributed by atoms with Gasteiger partial charge in [0.1, 0.15) is 5.03 Å². The second kappa shape index (κ2) is 7.81. The second-order valence-corrected chi connectivity index (χ2v) is 7.65. The molecule has 0 bridgehead atoms. The maximum absolute atomic E-state index is 12.2. The molecule has 0 saturated heterocycles. The SMILES string of the molecule is CC(C)(C)C(=O)Nc1ccc(C(=O)CSc2ncccc2Cl)cc1. The van der Waals surface area contributed by atoms with Gasteiger partial charge in [0.25, 0.3) is 0 Å². The number of carbonyl (C=O) groups is 2. The smallest absolute Gasteiger partial charge is 0.229 e. The number of thioether (sulfide) groups is 1. The van der Waals surface area contributed by atoms with E-state index in [9.17, 15) is 9.59 Å². The van der Waals surface area contributed by atoms with E-state index >= 15 is 0 Å². The number of halogens is 1. The third kappa shape index (κ3) is 5.08. The largest absolute Gasteiger partial charge is 0.326 e. The molecule has 2 aromatic rings. The first kappa shape index (κ1) is 18.5. The number of rotatable bonds is 5. The summed E-state index contributed by atoms with van der Waals surface area (Å²) in [5.74, 6) is 0.169. The van der Waals surface area contributed by atoms with Crippen LogP contribution >= 0.6 is 23.4 Å². The van der Waals surface area contributed by atoms with Crippen LogP contribution < -0.4 is 5.32 Å². The summed E-state index contributed by atoms with van der Waals surface area (Å²) in [5, 5.41) is 4.01. The molecule has 0 unspecified atom stereocenters. The molecule has 1 amide bonds. The highest BCUT2D eigenvalue weighted by molar-refractivity contribution is 8.00. The van der Waals surface area contributed by atoms with Crippen molar-refractivity contribution in [3.8, 4) is 0 Å². The van der Waals surface area contributed by atoms with E-state index in [2.05, 4.69) is 10.3 Å². The number of Topliss-reactive ketones (excluding diaryl/α,β-unsaturated/α-hetero) is 1. The van der Waals surface area contributed by atoms with Crippen LogP contribution in [0.15, 0.2) is 47.6 Å². The summed E-state index contributed by atoms with van der Waals surface area (Å²) in [7, 11) is 0. The molecule has 2 rings (SSSR count). The standard InChI is InChI=1S/C18H19ClN2O2S/c1-18(2,3)17(23)21-13-8-6-12(7-9-13)15(22)11-24-16-14(19)5-4-10-20-16/h4-10H,11H2,1-3H3,(H,21,23). The molecule has 24 heavy (non-hydrogen) atoms. The predicted molar refractivity (Wildman–Crippen MR) is 98.8 cm³/mol. The van der Waals surface area contributed by atoms with Gasteiger partial charge in [-0.05, 0) is 36.4 Å². The minimum Gasteiger partial charge on any atom is -0.326 e. The topological polar surface area (TPSA) is 59.1 Å². The van der Waals surface area contributed by atoms with E-state index in [1.807, 2.05) is 20.8 Å². The Bertz CT molecular complexity index is 739. The number of nitrogens with zero attached hydrogens (tertiary/aromatic N) is 1. The molecule has 4 nitrogen and oxygen atoms in total. The van der Waals surface area contributed by atoms with Crippen LogP contribution in [0.25, 0.3) is 0 Å². The highest BCUT2D eigenvalue weighted by Crippen LogP contribution is 2.25. The van der Waals surface area contributed by atoms with Crippen LogP contribution in [0.2, 0.25) is 5.02 Å². The molecule has 0 aliphatic heterocycles. The lowest BCUT2D eigenvalue weighted by Gasteiger charge is -2.17. The van der Waals surface area contributed by atoms with Crippen molar-refractivity contribution in [1.29, 1.82) is 0 Å². The average Bonchev–Trinajstić information content (AvgIpc) is 2.53. The lowest BCUT2D eigenvalue weighted by molar-refractivity contribution is -0.123. The van der Waals surface area contributed by atoms with Gasteiger partial charge >= 0.3 is 0 Å². The molecule has 0 spiro atoms. The molecule has 126 valence electrons. The summed E-state index contributed by atoms with van der Waals surface area (Å²) in [5.41, 5.74) is 0.794. The van der Waals surface area contributed by atoms with Crippen molar-refractivity contribution in [2.24, 2.45) is 5.41 Å². The minimum absolute atomic E-state index is 0.0181. The molecule has 0 atom stereocenters. The van der Waals surface area contributed by atoms with Crippen molar-refractivity contribution in [2.45, 2.75) is 25.8 Å². The zero-order chi connectivity index (χ0) is 17.7. The van der Waals surface area contributed by atoms with Crippen LogP contribution in [0.1, 0.15) is 31.1 Å². The third-order valence-corrected chi connectivity index (χ3v) is 4.63. The van der Waals surface area contributed by atoms with Gasteiger partial charge < -0.3 is 5.32 Å². The number of benzene rings is 1. The summed E-state index contributed by atoms with van der Waals surface area (Å²) in [6, 6.07) is 10.4. The highest BCUT2D eigenvalue weighted by atomic mass is 35.5. The molecule has 0 aliphatic carbocycles. The highest BCUT2D eigenvalue weighted by Gasteiger charge is 2.21. The summed E-state index contributed by atoms with van der Waals surface area (Å²) in [6.07, 6.45) is 1.64. The van der Waals surface area contributed by atoms with E-state index < -0.39 is 5.41 Å². The Kier molecular flexibility index (Phi) is 6.02. The van der Waals surface area contributed by atoms with Crippen molar-refractivity contribution < 1.29 is 9.59 Å². The lowest BCUT2D eigenvalue weighted by atomic mass is 9.95. The fraction of sp³-hybridized carbons (Fsp3) is 0.278. The van der Waals surface area contributed by atoms with Crippen LogP contribution in [-0.4, -0.2) is 22.4 Å². The van der Waals surface area contributed by atoms with Crippen molar-refractivity contribution in [1.82, 2.24) is 4.98 Å². The van der Waals surface area contributed by atoms with Crippen LogP contribution in [0.5, 0.6) is 0 Å². The van der Waals surface area contributed by atoms with Crippen LogP contribution in [-0.2, 0) is 4.79 Å². The Labute approximate surface area is 151 Å². The molecule has 0 aliphatic rings. The Morgan fingerprint density at radius 2 is 1.83 bits per heavy atom. The van der Waals surface area contributed by atoms with E-state index in [1.54, 1.807) is 42.6 Å². The normalized spacial score (nSPS) is 11.2. The number of hydrogen-bond acceptors (Lipinski definition) is 4. The number of anilines is 1. The molecule has 1 aromatic carbocycles. The fourth-order valence-corrected chi connectivity index (χ4v) is 2.81. The number of hydrogen-bond donors (Lipinski definition) is 1. The summed E-state index contributed by atoms with van der Waals surface area (Å²) < 4.78 is 0.